The van der Waals surface area contributed by atoms with Crippen LogP contribution in [0.1, 0.15) is 26.3 Å². The molecule has 3 aromatic carbocycles. The van der Waals surface area contributed by atoms with Crippen LogP contribution in [0.25, 0.3) is 0 Å². The van der Waals surface area contributed by atoms with Gasteiger partial charge in [0.05, 0.1) is 4.90 Å². The minimum Gasteiger partial charge on any atom is -0.508 e. The molecule has 0 spiro atoms. The third-order valence-electron chi connectivity index (χ3n) is 4.40. The standard InChI is InChI=1S/C22H19N3O6S/c1-14-4-2-3-5-19(14)21(28)24-22(29)23-16-8-12-18(13-9-16)32(30,31)25-20(27)15-6-10-17(26)11-7-15/h2-13,26H,1H3,(H,25,27)(H2,23,24,28,29). The van der Waals surface area contributed by atoms with Crippen LogP contribution in [0.15, 0.2) is 77.7 Å². The van der Waals surface area contributed by atoms with Crippen molar-refractivity contribution in [2.75, 3.05) is 5.32 Å². The predicted octanol–water partition coefficient (Wildman–Crippen LogP) is 2.78. The lowest BCUT2D eigenvalue weighted by atomic mass is 10.1. The Labute approximate surface area is 184 Å². The van der Waals surface area contributed by atoms with Crippen LogP contribution < -0.4 is 15.4 Å². The van der Waals surface area contributed by atoms with Gasteiger partial charge in [-0.3, -0.25) is 14.9 Å². The lowest BCUT2D eigenvalue weighted by Gasteiger charge is -2.10. The van der Waals surface area contributed by atoms with Gasteiger partial charge in [0.2, 0.25) is 0 Å². The summed E-state index contributed by atoms with van der Waals surface area (Å²) in [7, 11) is -4.17. The Balaban J connectivity index is 1.63. The zero-order valence-corrected chi connectivity index (χ0v) is 17.6. The molecular weight excluding hydrogens is 434 g/mol. The molecule has 3 rings (SSSR count). The Morgan fingerprint density at radius 1 is 0.812 bits per heavy atom. The third-order valence-corrected chi connectivity index (χ3v) is 5.74. The van der Waals surface area contributed by atoms with Crippen LogP contribution in [0, 0.1) is 6.92 Å². The average Bonchev–Trinajstić information content (AvgIpc) is 2.74. The number of aromatic hydroxyl groups is 1. The summed E-state index contributed by atoms with van der Waals surface area (Å²) in [4.78, 5) is 36.2. The molecule has 9 nitrogen and oxygen atoms in total. The van der Waals surface area contributed by atoms with Crippen LogP contribution in [-0.2, 0) is 10.0 Å². The van der Waals surface area contributed by atoms with Gasteiger partial charge < -0.3 is 10.4 Å². The number of urea groups is 1. The van der Waals surface area contributed by atoms with Crippen molar-refractivity contribution in [3.05, 3.63) is 89.5 Å². The number of hydrogen-bond donors (Lipinski definition) is 4. The first-order chi connectivity index (χ1) is 15.2. The summed E-state index contributed by atoms with van der Waals surface area (Å²) in [6, 6.07) is 16.1. The van der Waals surface area contributed by atoms with E-state index in [1.807, 2.05) is 4.72 Å². The smallest absolute Gasteiger partial charge is 0.326 e. The number of hydrogen-bond acceptors (Lipinski definition) is 6. The summed E-state index contributed by atoms with van der Waals surface area (Å²) >= 11 is 0. The highest BCUT2D eigenvalue weighted by molar-refractivity contribution is 7.90. The summed E-state index contributed by atoms with van der Waals surface area (Å²) in [6.07, 6.45) is 0. The summed E-state index contributed by atoms with van der Waals surface area (Å²) in [6.45, 7) is 1.74. The molecule has 4 N–H and O–H groups in total. The van der Waals surface area contributed by atoms with Crippen molar-refractivity contribution in [3.63, 3.8) is 0 Å². The largest absolute Gasteiger partial charge is 0.508 e. The highest BCUT2D eigenvalue weighted by Gasteiger charge is 2.19. The van der Waals surface area contributed by atoms with E-state index in [1.165, 1.54) is 48.5 Å². The van der Waals surface area contributed by atoms with E-state index >= 15 is 0 Å². The molecule has 0 unspecified atom stereocenters. The maximum absolute atomic E-state index is 12.4. The van der Waals surface area contributed by atoms with Crippen molar-refractivity contribution < 1.29 is 27.9 Å². The van der Waals surface area contributed by atoms with E-state index < -0.39 is 27.9 Å². The molecule has 0 aliphatic heterocycles. The molecule has 10 heteroatoms. The number of anilines is 1. The molecule has 0 atom stereocenters. The topological polar surface area (TPSA) is 142 Å². The number of aryl methyl sites for hydroxylation is 1. The first-order valence-corrected chi connectivity index (χ1v) is 10.8. The van der Waals surface area contributed by atoms with Crippen molar-refractivity contribution >= 4 is 33.6 Å². The highest BCUT2D eigenvalue weighted by atomic mass is 32.2. The number of phenols is 1. The van der Waals surface area contributed by atoms with Crippen molar-refractivity contribution in [2.24, 2.45) is 0 Å². The average molecular weight is 453 g/mol. The number of carbonyl (C=O) groups is 3. The fourth-order valence-electron chi connectivity index (χ4n) is 2.73. The van der Waals surface area contributed by atoms with E-state index in [4.69, 9.17) is 0 Å². The second kappa shape index (κ2) is 9.31. The first kappa shape index (κ1) is 22.5. The minimum absolute atomic E-state index is 0.0552. The lowest BCUT2D eigenvalue weighted by Crippen LogP contribution is -2.34. The fourth-order valence-corrected chi connectivity index (χ4v) is 3.70. The van der Waals surface area contributed by atoms with E-state index in [2.05, 4.69) is 10.6 Å². The van der Waals surface area contributed by atoms with Gasteiger partial charge in [-0.15, -0.1) is 0 Å². The van der Waals surface area contributed by atoms with Gasteiger partial charge in [-0.2, -0.15) is 0 Å². The van der Waals surface area contributed by atoms with Gasteiger partial charge in [-0.05, 0) is 67.1 Å². The van der Waals surface area contributed by atoms with Gasteiger partial charge in [-0.25, -0.2) is 17.9 Å². The first-order valence-electron chi connectivity index (χ1n) is 9.30. The third kappa shape index (κ3) is 5.49. The zero-order chi connectivity index (χ0) is 23.3. The van der Waals surface area contributed by atoms with Crippen molar-refractivity contribution in [3.8, 4) is 5.75 Å². The molecule has 3 aromatic rings. The molecule has 0 radical (unpaired) electrons. The maximum Gasteiger partial charge on any atom is 0.326 e. The summed E-state index contributed by atoms with van der Waals surface area (Å²) in [5.74, 6) is -1.49. The van der Waals surface area contributed by atoms with Gasteiger partial charge in [-0.1, -0.05) is 18.2 Å². The molecule has 4 amide bonds. The van der Waals surface area contributed by atoms with E-state index in [-0.39, 0.29) is 21.9 Å². The van der Waals surface area contributed by atoms with Crippen molar-refractivity contribution in [1.29, 1.82) is 0 Å². The molecule has 0 aromatic heterocycles. The molecule has 0 bridgehead atoms. The number of phenolic OH excluding ortho intramolecular Hbond substituents is 1. The Morgan fingerprint density at radius 2 is 1.44 bits per heavy atom. The van der Waals surface area contributed by atoms with Gasteiger partial charge >= 0.3 is 6.03 Å². The van der Waals surface area contributed by atoms with Crippen LogP contribution in [0.5, 0.6) is 5.75 Å². The normalized spacial score (nSPS) is 10.8. The van der Waals surface area contributed by atoms with Crippen molar-refractivity contribution in [2.45, 2.75) is 11.8 Å². The number of imide groups is 1. The molecule has 0 saturated heterocycles. The van der Waals surface area contributed by atoms with E-state index in [1.54, 1.807) is 31.2 Å². The maximum atomic E-state index is 12.4. The number of sulfonamides is 1. The van der Waals surface area contributed by atoms with E-state index in [0.29, 0.717) is 11.1 Å². The number of carbonyl (C=O) groups excluding carboxylic acids is 3. The Bertz CT molecular complexity index is 1270. The Morgan fingerprint density at radius 3 is 2.06 bits per heavy atom. The van der Waals surface area contributed by atoms with Crippen LogP contribution in [0.2, 0.25) is 0 Å². The van der Waals surface area contributed by atoms with Crippen LogP contribution in [0.4, 0.5) is 10.5 Å². The molecule has 0 saturated carbocycles. The van der Waals surface area contributed by atoms with E-state index in [9.17, 15) is 27.9 Å². The van der Waals surface area contributed by atoms with Crippen LogP contribution in [0.3, 0.4) is 0 Å². The van der Waals surface area contributed by atoms with Crippen molar-refractivity contribution in [1.82, 2.24) is 10.0 Å². The quantitative estimate of drug-likeness (QED) is 0.468. The molecule has 0 heterocycles. The molecule has 0 aliphatic carbocycles. The fraction of sp³-hybridized carbons (Fsp3) is 0.0455. The second-order valence-corrected chi connectivity index (χ2v) is 8.41. The highest BCUT2D eigenvalue weighted by Crippen LogP contribution is 2.16. The van der Waals surface area contributed by atoms with Gasteiger partial charge in [0, 0.05) is 16.8 Å². The van der Waals surface area contributed by atoms with Crippen LogP contribution in [-0.4, -0.2) is 31.4 Å². The number of amides is 4. The minimum atomic E-state index is -4.17. The van der Waals surface area contributed by atoms with Crippen LogP contribution >= 0.6 is 0 Å². The molecule has 0 aliphatic rings. The second-order valence-electron chi connectivity index (χ2n) is 6.73. The van der Waals surface area contributed by atoms with Gasteiger partial charge in [0.25, 0.3) is 21.8 Å². The molecule has 32 heavy (non-hydrogen) atoms. The Hall–Kier alpha value is -4.18. The number of rotatable bonds is 5. The van der Waals surface area contributed by atoms with Gasteiger partial charge in [0.15, 0.2) is 0 Å². The number of nitrogens with one attached hydrogen (secondary N) is 3. The predicted molar refractivity (Wildman–Crippen MR) is 117 cm³/mol. The SMILES string of the molecule is Cc1ccccc1C(=O)NC(=O)Nc1ccc(S(=O)(=O)NC(=O)c2ccc(O)cc2)cc1. The molecular formula is C22H19N3O6S. The van der Waals surface area contributed by atoms with E-state index in [0.717, 1.165) is 0 Å². The van der Waals surface area contributed by atoms with Gasteiger partial charge in [0.1, 0.15) is 5.75 Å². The summed E-state index contributed by atoms with van der Waals surface area (Å²) in [5, 5.41) is 13.9. The number of benzene rings is 3. The summed E-state index contributed by atoms with van der Waals surface area (Å²) < 4.78 is 26.8. The zero-order valence-electron chi connectivity index (χ0n) is 16.8. The Kier molecular flexibility index (Phi) is 6.55. The summed E-state index contributed by atoms with van der Waals surface area (Å²) in [5.41, 5.74) is 1.36. The lowest BCUT2D eigenvalue weighted by molar-refractivity contribution is 0.0962. The molecule has 164 valence electrons. The molecule has 0 fully saturated rings. The monoisotopic (exact) mass is 453 g/mol.